The average Bonchev–Trinajstić information content (AvgIpc) is 3.50. The minimum Gasteiger partial charge on any atom is -0.493 e. The molecule has 0 radical (unpaired) electrons. The molecule has 160 valence electrons. The van der Waals surface area contributed by atoms with E-state index in [9.17, 15) is 4.79 Å². The Balaban J connectivity index is 1.19. The van der Waals surface area contributed by atoms with Crippen LogP contribution in [-0.2, 0) is 17.8 Å². The summed E-state index contributed by atoms with van der Waals surface area (Å²) in [7, 11) is 0. The van der Waals surface area contributed by atoms with Gasteiger partial charge in [-0.1, -0.05) is 48.9 Å². The van der Waals surface area contributed by atoms with Crippen molar-refractivity contribution in [3.63, 3.8) is 0 Å². The number of carbonyl (C=O) groups is 1. The van der Waals surface area contributed by atoms with Gasteiger partial charge < -0.3 is 9.64 Å². The normalized spacial score (nSPS) is 16.0. The lowest BCUT2D eigenvalue weighted by Gasteiger charge is -2.25. The zero-order valence-corrected chi connectivity index (χ0v) is 18.5. The molecule has 2 aliphatic carbocycles. The van der Waals surface area contributed by atoms with Crippen LogP contribution >= 0.6 is 11.3 Å². The minimum atomic E-state index is 0.165. The summed E-state index contributed by atoms with van der Waals surface area (Å²) in [5.41, 5.74) is 3.11. The molecular formula is C26H28N2O2S. The summed E-state index contributed by atoms with van der Waals surface area (Å²) in [6, 6.07) is 18.8. The van der Waals surface area contributed by atoms with Gasteiger partial charge in [0.15, 0.2) is 0 Å². The number of amides is 1. The van der Waals surface area contributed by atoms with Gasteiger partial charge in [-0.25, -0.2) is 4.98 Å². The molecule has 1 amide bonds. The van der Waals surface area contributed by atoms with E-state index in [0.29, 0.717) is 19.0 Å². The molecule has 0 aliphatic heterocycles. The monoisotopic (exact) mass is 432 g/mol. The van der Waals surface area contributed by atoms with Crippen molar-refractivity contribution in [2.45, 2.75) is 51.1 Å². The van der Waals surface area contributed by atoms with Gasteiger partial charge in [-0.05, 0) is 49.3 Å². The molecule has 3 aromatic rings. The van der Waals surface area contributed by atoms with Crippen molar-refractivity contribution in [2.75, 3.05) is 6.61 Å². The van der Waals surface area contributed by atoms with E-state index in [4.69, 9.17) is 9.72 Å². The quantitative estimate of drug-likeness (QED) is 0.434. The lowest BCUT2D eigenvalue weighted by Crippen LogP contribution is -2.33. The molecule has 0 saturated heterocycles. The number of rotatable bonds is 9. The second kappa shape index (κ2) is 9.23. The van der Waals surface area contributed by atoms with E-state index in [1.807, 2.05) is 40.6 Å². The van der Waals surface area contributed by atoms with E-state index in [0.717, 1.165) is 52.9 Å². The van der Waals surface area contributed by atoms with Gasteiger partial charge in [-0.2, -0.15) is 0 Å². The van der Waals surface area contributed by atoms with Crippen molar-refractivity contribution < 1.29 is 9.53 Å². The van der Waals surface area contributed by atoms with Crippen LogP contribution in [0.1, 0.15) is 43.4 Å². The first-order valence-corrected chi connectivity index (χ1v) is 12.1. The third-order valence-electron chi connectivity index (χ3n) is 6.20. The highest BCUT2D eigenvalue weighted by Crippen LogP contribution is 2.31. The third kappa shape index (κ3) is 5.16. The van der Waals surface area contributed by atoms with Gasteiger partial charge in [0, 0.05) is 23.5 Å². The summed E-state index contributed by atoms with van der Waals surface area (Å²) < 4.78 is 5.91. The van der Waals surface area contributed by atoms with Crippen LogP contribution in [0.2, 0.25) is 0 Å². The van der Waals surface area contributed by atoms with Crippen molar-refractivity contribution in [1.29, 1.82) is 0 Å². The molecule has 2 aliphatic rings. The zero-order chi connectivity index (χ0) is 21.0. The smallest absolute Gasteiger partial charge is 0.229 e. The SMILES string of the molecule is O=C(Cc1csc(-c2ccccc2)n1)N(Cc1ccc(OCC2CCC2)cc1)C1CC1. The maximum Gasteiger partial charge on any atom is 0.229 e. The number of thiazole rings is 1. The first kappa shape index (κ1) is 20.3. The first-order chi connectivity index (χ1) is 15.2. The Labute approximate surface area is 187 Å². The van der Waals surface area contributed by atoms with Crippen molar-refractivity contribution in [3.05, 3.63) is 71.2 Å². The summed E-state index contributed by atoms with van der Waals surface area (Å²) >= 11 is 1.60. The Bertz CT molecular complexity index is 1010. The minimum absolute atomic E-state index is 0.165. The van der Waals surface area contributed by atoms with E-state index < -0.39 is 0 Å². The molecule has 0 N–H and O–H groups in total. The molecule has 0 spiro atoms. The largest absolute Gasteiger partial charge is 0.493 e. The van der Waals surface area contributed by atoms with Crippen LogP contribution in [0, 0.1) is 5.92 Å². The van der Waals surface area contributed by atoms with Crippen LogP contribution in [0.25, 0.3) is 10.6 Å². The Morgan fingerprint density at radius 1 is 1.03 bits per heavy atom. The van der Waals surface area contributed by atoms with Crippen molar-refractivity contribution in [1.82, 2.24) is 9.88 Å². The highest BCUT2D eigenvalue weighted by Gasteiger charge is 2.32. The van der Waals surface area contributed by atoms with Gasteiger partial charge in [-0.15, -0.1) is 11.3 Å². The van der Waals surface area contributed by atoms with E-state index in [1.54, 1.807) is 11.3 Å². The van der Waals surface area contributed by atoms with Gasteiger partial charge in [0.2, 0.25) is 5.91 Å². The van der Waals surface area contributed by atoms with Gasteiger partial charge in [-0.3, -0.25) is 4.79 Å². The molecule has 0 unspecified atom stereocenters. The second-order valence-corrected chi connectivity index (χ2v) is 9.55. The highest BCUT2D eigenvalue weighted by atomic mass is 32.1. The maximum absolute atomic E-state index is 13.1. The molecule has 4 nitrogen and oxygen atoms in total. The third-order valence-corrected chi connectivity index (χ3v) is 7.14. The van der Waals surface area contributed by atoms with Crippen molar-refractivity contribution >= 4 is 17.2 Å². The van der Waals surface area contributed by atoms with Crippen molar-refractivity contribution in [2.24, 2.45) is 5.92 Å². The molecule has 2 aromatic carbocycles. The predicted octanol–water partition coefficient (Wildman–Crippen LogP) is 5.72. The fourth-order valence-corrected chi connectivity index (χ4v) is 4.75. The lowest BCUT2D eigenvalue weighted by molar-refractivity contribution is -0.131. The van der Waals surface area contributed by atoms with Crippen LogP contribution in [0.4, 0.5) is 0 Å². The summed E-state index contributed by atoms with van der Waals surface area (Å²) in [5, 5.41) is 2.98. The van der Waals surface area contributed by atoms with E-state index >= 15 is 0 Å². The number of hydrogen-bond acceptors (Lipinski definition) is 4. The van der Waals surface area contributed by atoms with E-state index in [-0.39, 0.29) is 5.91 Å². The number of carbonyl (C=O) groups excluding carboxylic acids is 1. The number of ether oxygens (including phenoxy) is 1. The van der Waals surface area contributed by atoms with Crippen LogP contribution in [0.5, 0.6) is 5.75 Å². The average molecular weight is 433 g/mol. The first-order valence-electron chi connectivity index (χ1n) is 11.3. The van der Waals surface area contributed by atoms with Crippen LogP contribution < -0.4 is 4.74 Å². The summed E-state index contributed by atoms with van der Waals surface area (Å²) in [5.74, 6) is 1.82. The van der Waals surface area contributed by atoms with Crippen molar-refractivity contribution in [3.8, 4) is 16.3 Å². The molecule has 0 bridgehead atoms. The maximum atomic E-state index is 13.1. The van der Waals surface area contributed by atoms with Gasteiger partial charge in [0.25, 0.3) is 0 Å². The topological polar surface area (TPSA) is 42.4 Å². The molecule has 2 fully saturated rings. The molecule has 1 aromatic heterocycles. The van der Waals surface area contributed by atoms with Crippen LogP contribution in [0.3, 0.4) is 0 Å². The van der Waals surface area contributed by atoms with Crippen LogP contribution in [0.15, 0.2) is 60.0 Å². The Kier molecular flexibility index (Phi) is 6.03. The molecular weight excluding hydrogens is 404 g/mol. The molecule has 1 heterocycles. The number of hydrogen-bond donors (Lipinski definition) is 0. The molecule has 5 rings (SSSR count). The standard InChI is InChI=1S/C26H28N2O2S/c29-25(15-22-18-31-26(27-22)21-7-2-1-3-8-21)28(23-11-12-23)16-19-9-13-24(14-10-19)30-17-20-5-4-6-20/h1-3,7-10,13-14,18,20,23H,4-6,11-12,15-17H2. The fourth-order valence-electron chi connectivity index (χ4n) is 3.93. The van der Waals surface area contributed by atoms with E-state index in [1.165, 1.54) is 19.3 Å². The van der Waals surface area contributed by atoms with E-state index in [2.05, 4.69) is 24.3 Å². The van der Waals surface area contributed by atoms with Crippen LogP contribution in [-0.4, -0.2) is 28.4 Å². The van der Waals surface area contributed by atoms with Gasteiger partial charge >= 0.3 is 0 Å². The Morgan fingerprint density at radius 3 is 2.48 bits per heavy atom. The summed E-state index contributed by atoms with van der Waals surface area (Å²) in [6.45, 7) is 1.48. The number of nitrogens with zero attached hydrogens (tertiary/aromatic N) is 2. The lowest BCUT2D eigenvalue weighted by atomic mass is 9.86. The molecule has 2 saturated carbocycles. The second-order valence-electron chi connectivity index (χ2n) is 8.69. The fraction of sp³-hybridized carbons (Fsp3) is 0.385. The molecule has 31 heavy (non-hydrogen) atoms. The molecule has 0 atom stereocenters. The Hall–Kier alpha value is -2.66. The predicted molar refractivity (Wildman–Crippen MR) is 124 cm³/mol. The van der Waals surface area contributed by atoms with Gasteiger partial charge in [0.05, 0.1) is 18.7 Å². The molecule has 5 heteroatoms. The highest BCUT2D eigenvalue weighted by molar-refractivity contribution is 7.13. The number of aromatic nitrogens is 1. The Morgan fingerprint density at radius 2 is 1.81 bits per heavy atom. The summed E-state index contributed by atoms with van der Waals surface area (Å²) in [4.78, 5) is 19.8. The summed E-state index contributed by atoms with van der Waals surface area (Å²) in [6.07, 6.45) is 6.49. The number of benzene rings is 2. The zero-order valence-electron chi connectivity index (χ0n) is 17.7. The van der Waals surface area contributed by atoms with Gasteiger partial charge in [0.1, 0.15) is 10.8 Å².